The molecule has 0 aliphatic carbocycles. The second-order valence-electron chi connectivity index (χ2n) is 7.75. The number of fused-ring (bicyclic) bond motifs is 1. The summed E-state index contributed by atoms with van der Waals surface area (Å²) in [5, 5.41) is 12.7. The average molecular weight is 540 g/mol. The number of halogens is 5. The number of hydrogen-bond donors (Lipinski definition) is 1. The Morgan fingerprint density at radius 2 is 1.81 bits per heavy atom. The van der Waals surface area contributed by atoms with E-state index < -0.39 is 45.9 Å². The first-order valence-electron chi connectivity index (χ1n) is 9.99. The summed E-state index contributed by atoms with van der Waals surface area (Å²) in [6, 6.07) is 7.11. The lowest BCUT2D eigenvalue weighted by molar-refractivity contribution is -0.137. The monoisotopic (exact) mass is 539 g/mol. The van der Waals surface area contributed by atoms with Crippen LogP contribution >= 0.6 is 22.9 Å². The van der Waals surface area contributed by atoms with Gasteiger partial charge < -0.3 is 10.0 Å². The van der Waals surface area contributed by atoms with Crippen LogP contribution in [0.3, 0.4) is 0 Å². The molecule has 13 heteroatoms. The van der Waals surface area contributed by atoms with Crippen molar-refractivity contribution in [1.82, 2.24) is 14.7 Å². The number of carbonyl (C=O) groups is 3. The predicted octanol–water partition coefficient (Wildman–Crippen LogP) is 5.66. The molecule has 0 aliphatic heterocycles. The Bertz CT molecular complexity index is 1560. The van der Waals surface area contributed by atoms with Gasteiger partial charge >= 0.3 is 12.1 Å². The molecule has 0 saturated heterocycles. The molecule has 0 bridgehead atoms. The fourth-order valence-corrected chi connectivity index (χ4v) is 4.90. The first-order valence-corrected chi connectivity index (χ1v) is 11.2. The minimum Gasteiger partial charge on any atom is -0.478 e. The fourth-order valence-electron chi connectivity index (χ4n) is 3.49. The van der Waals surface area contributed by atoms with Crippen molar-refractivity contribution in [3.8, 4) is 11.3 Å². The van der Waals surface area contributed by atoms with Crippen LogP contribution in [0.4, 0.5) is 17.6 Å². The van der Waals surface area contributed by atoms with Crippen LogP contribution in [-0.4, -0.2) is 51.7 Å². The van der Waals surface area contributed by atoms with E-state index in [-0.39, 0.29) is 31.9 Å². The number of alkyl halides is 3. The van der Waals surface area contributed by atoms with Gasteiger partial charge in [0, 0.05) is 19.7 Å². The van der Waals surface area contributed by atoms with Crippen LogP contribution in [0.25, 0.3) is 21.5 Å². The molecule has 7 nitrogen and oxygen atoms in total. The van der Waals surface area contributed by atoms with E-state index in [0.717, 1.165) is 41.7 Å². The van der Waals surface area contributed by atoms with Gasteiger partial charge in [0.1, 0.15) is 11.5 Å². The number of rotatable bonds is 4. The summed E-state index contributed by atoms with van der Waals surface area (Å²) < 4.78 is 56.6. The van der Waals surface area contributed by atoms with Crippen molar-refractivity contribution in [1.29, 1.82) is 0 Å². The van der Waals surface area contributed by atoms with Crippen LogP contribution in [0.5, 0.6) is 0 Å². The quantitative estimate of drug-likeness (QED) is 0.338. The SMILES string of the molecule is CN(C)C(=O)c1cc2c(s1)c(-c1ccc(C(=O)O)cc1F)nn2C(=O)c1c(Cl)cccc1C(F)(F)F. The first-order chi connectivity index (χ1) is 16.8. The number of hydrogen-bond acceptors (Lipinski definition) is 5. The number of aromatic carboxylic acids is 1. The van der Waals surface area contributed by atoms with Crippen molar-refractivity contribution in [3.05, 3.63) is 74.9 Å². The number of thiophene rings is 1. The highest BCUT2D eigenvalue weighted by molar-refractivity contribution is 7.21. The molecular formula is C23H14ClF4N3O4S. The molecule has 0 spiro atoms. The second-order valence-corrected chi connectivity index (χ2v) is 9.21. The minimum atomic E-state index is -4.91. The van der Waals surface area contributed by atoms with Gasteiger partial charge in [-0.1, -0.05) is 17.7 Å². The molecule has 0 saturated carbocycles. The number of benzene rings is 2. The third kappa shape index (κ3) is 4.33. The molecule has 0 fully saturated rings. The van der Waals surface area contributed by atoms with E-state index in [1.54, 1.807) is 0 Å². The largest absolute Gasteiger partial charge is 0.478 e. The molecule has 1 amide bonds. The van der Waals surface area contributed by atoms with Gasteiger partial charge in [0.05, 0.1) is 36.8 Å². The predicted molar refractivity (Wildman–Crippen MR) is 124 cm³/mol. The molecule has 2 aromatic carbocycles. The van der Waals surface area contributed by atoms with E-state index >= 15 is 0 Å². The molecule has 36 heavy (non-hydrogen) atoms. The lowest BCUT2D eigenvalue weighted by Crippen LogP contribution is -2.21. The number of nitrogens with zero attached hydrogens (tertiary/aromatic N) is 3. The van der Waals surface area contributed by atoms with Gasteiger partial charge in [-0.05, 0) is 36.4 Å². The molecule has 0 radical (unpaired) electrons. The summed E-state index contributed by atoms with van der Waals surface area (Å²) in [6.07, 6.45) is -4.91. The molecule has 0 aliphatic rings. The summed E-state index contributed by atoms with van der Waals surface area (Å²) in [5.41, 5.74) is -2.91. The maximum Gasteiger partial charge on any atom is 0.417 e. The van der Waals surface area contributed by atoms with Crippen LogP contribution in [-0.2, 0) is 6.18 Å². The number of amides is 1. The lowest BCUT2D eigenvalue weighted by Gasteiger charge is -2.13. The number of aromatic nitrogens is 2. The summed E-state index contributed by atoms with van der Waals surface area (Å²) in [5.74, 6) is -4.07. The Morgan fingerprint density at radius 3 is 2.39 bits per heavy atom. The van der Waals surface area contributed by atoms with Gasteiger partial charge in [0.2, 0.25) is 0 Å². The minimum absolute atomic E-state index is 0.0417. The van der Waals surface area contributed by atoms with Crippen molar-refractivity contribution in [3.63, 3.8) is 0 Å². The van der Waals surface area contributed by atoms with Crippen molar-refractivity contribution < 1.29 is 37.1 Å². The van der Waals surface area contributed by atoms with Gasteiger partial charge in [-0.2, -0.15) is 23.0 Å². The van der Waals surface area contributed by atoms with Crippen molar-refractivity contribution in [2.24, 2.45) is 0 Å². The van der Waals surface area contributed by atoms with Crippen molar-refractivity contribution in [2.75, 3.05) is 14.1 Å². The molecule has 4 rings (SSSR count). The first kappa shape index (κ1) is 25.3. The Morgan fingerprint density at radius 1 is 1.11 bits per heavy atom. The molecular weight excluding hydrogens is 526 g/mol. The highest BCUT2D eigenvalue weighted by Gasteiger charge is 2.37. The lowest BCUT2D eigenvalue weighted by atomic mass is 10.1. The molecule has 1 N–H and O–H groups in total. The normalized spacial score (nSPS) is 11.6. The number of carboxylic acid groups (broad SMARTS) is 1. The van der Waals surface area contributed by atoms with Gasteiger partial charge in [0.25, 0.3) is 11.8 Å². The second kappa shape index (κ2) is 9.03. The zero-order valence-corrected chi connectivity index (χ0v) is 19.9. The smallest absolute Gasteiger partial charge is 0.417 e. The highest BCUT2D eigenvalue weighted by atomic mass is 35.5. The van der Waals surface area contributed by atoms with Crippen molar-refractivity contribution >= 4 is 50.9 Å². The Labute approximate surface area is 209 Å². The molecule has 0 unspecified atom stereocenters. The standard InChI is InChI=1S/C23H14ClF4N3O4S/c1-30(2)20(32)16-9-15-19(36-16)18(11-7-6-10(22(34)35)8-14(11)25)29-31(15)21(33)17-12(23(26,27)28)4-3-5-13(17)24/h3-9H,1-2H3,(H,34,35). The van der Waals surface area contributed by atoms with Crippen LogP contribution in [0.2, 0.25) is 5.02 Å². The van der Waals surface area contributed by atoms with E-state index in [4.69, 9.17) is 16.7 Å². The van der Waals surface area contributed by atoms with Crippen LogP contribution in [0, 0.1) is 5.82 Å². The molecule has 2 heterocycles. The van der Waals surface area contributed by atoms with Crippen LogP contribution in [0.1, 0.15) is 36.0 Å². The van der Waals surface area contributed by atoms with Gasteiger partial charge in [-0.3, -0.25) is 9.59 Å². The van der Waals surface area contributed by atoms with Crippen LogP contribution < -0.4 is 0 Å². The highest BCUT2D eigenvalue weighted by Crippen LogP contribution is 2.39. The fraction of sp³-hybridized carbons (Fsp3) is 0.130. The zero-order chi connectivity index (χ0) is 26.5. The van der Waals surface area contributed by atoms with E-state index in [9.17, 15) is 31.9 Å². The average Bonchev–Trinajstić information content (AvgIpc) is 3.37. The van der Waals surface area contributed by atoms with Crippen molar-refractivity contribution in [2.45, 2.75) is 6.18 Å². The third-order valence-corrected chi connectivity index (χ3v) is 6.60. The molecule has 186 valence electrons. The number of carbonyl (C=O) groups excluding carboxylic acids is 2. The van der Waals surface area contributed by atoms with E-state index in [1.807, 2.05) is 0 Å². The van der Waals surface area contributed by atoms with Gasteiger partial charge in [-0.25, -0.2) is 9.18 Å². The van der Waals surface area contributed by atoms with E-state index in [0.29, 0.717) is 10.7 Å². The van der Waals surface area contributed by atoms with Crippen LogP contribution in [0.15, 0.2) is 42.5 Å². The zero-order valence-electron chi connectivity index (χ0n) is 18.4. The molecule has 0 atom stereocenters. The number of carboxylic acids is 1. The van der Waals surface area contributed by atoms with Gasteiger partial charge in [-0.15, -0.1) is 11.3 Å². The van der Waals surface area contributed by atoms with Gasteiger partial charge in [0.15, 0.2) is 0 Å². The van der Waals surface area contributed by atoms with E-state index in [2.05, 4.69) is 5.10 Å². The molecule has 4 aromatic rings. The third-order valence-electron chi connectivity index (χ3n) is 5.17. The summed E-state index contributed by atoms with van der Waals surface area (Å²) >= 11 is 6.85. The Hall–Kier alpha value is -3.77. The molecule has 2 aromatic heterocycles. The summed E-state index contributed by atoms with van der Waals surface area (Å²) in [7, 11) is 2.96. The van der Waals surface area contributed by atoms with E-state index in [1.165, 1.54) is 25.1 Å². The Kier molecular flexibility index (Phi) is 6.35. The summed E-state index contributed by atoms with van der Waals surface area (Å²) in [6.45, 7) is 0. The summed E-state index contributed by atoms with van der Waals surface area (Å²) in [4.78, 5) is 38.5. The maximum atomic E-state index is 14.9. The Balaban J connectivity index is 2.00. The topological polar surface area (TPSA) is 92.5 Å². The maximum absolute atomic E-state index is 14.9.